The minimum atomic E-state index is 0.260. The highest BCUT2D eigenvalue weighted by Gasteiger charge is 2.06. The van der Waals surface area contributed by atoms with Crippen molar-refractivity contribution in [1.29, 1.82) is 0 Å². The van der Waals surface area contributed by atoms with Crippen molar-refractivity contribution in [2.75, 3.05) is 20.3 Å². The van der Waals surface area contributed by atoms with Crippen molar-refractivity contribution in [3.05, 3.63) is 23.9 Å². The number of methoxy groups -OCH3 is 1. The smallest absolute Gasteiger partial charge is 0.217 e. The molecule has 1 aromatic rings. The Bertz CT molecular complexity index is 318. The van der Waals surface area contributed by atoms with Gasteiger partial charge >= 0.3 is 0 Å². The zero-order chi connectivity index (χ0) is 12.5. The Morgan fingerprint density at radius 2 is 2.35 bits per heavy atom. The van der Waals surface area contributed by atoms with E-state index in [-0.39, 0.29) is 6.61 Å². The summed E-state index contributed by atoms with van der Waals surface area (Å²) in [5.41, 5.74) is 1.06. The minimum absolute atomic E-state index is 0.260. The molecule has 0 amide bonds. The zero-order valence-corrected chi connectivity index (χ0v) is 10.6. The SMILES string of the molecule is CCC(CCO)CNCc1cccnc1OC. The molecule has 4 nitrogen and oxygen atoms in total. The second kappa shape index (κ2) is 8.03. The Morgan fingerprint density at radius 1 is 1.53 bits per heavy atom. The highest BCUT2D eigenvalue weighted by molar-refractivity contribution is 5.24. The first-order valence-corrected chi connectivity index (χ1v) is 6.11. The van der Waals surface area contributed by atoms with Gasteiger partial charge in [0.15, 0.2) is 0 Å². The summed E-state index contributed by atoms with van der Waals surface area (Å²) in [7, 11) is 1.63. The van der Waals surface area contributed by atoms with Crippen LogP contribution in [0.3, 0.4) is 0 Å². The molecule has 1 atom stereocenters. The molecule has 1 unspecified atom stereocenters. The third-order valence-corrected chi connectivity index (χ3v) is 2.91. The number of hydrogen-bond donors (Lipinski definition) is 2. The number of aliphatic hydroxyl groups is 1. The number of rotatable bonds is 8. The van der Waals surface area contributed by atoms with Crippen molar-refractivity contribution < 1.29 is 9.84 Å². The van der Waals surface area contributed by atoms with Crippen molar-refractivity contribution in [3.8, 4) is 5.88 Å². The lowest BCUT2D eigenvalue weighted by Gasteiger charge is -2.14. The van der Waals surface area contributed by atoms with E-state index in [1.165, 1.54) is 0 Å². The predicted octanol–water partition coefficient (Wildman–Crippen LogP) is 1.59. The summed E-state index contributed by atoms with van der Waals surface area (Å²) in [5.74, 6) is 1.21. The Kier molecular flexibility index (Phi) is 6.58. The second-order valence-corrected chi connectivity index (χ2v) is 4.09. The summed E-state index contributed by atoms with van der Waals surface area (Å²) in [6.07, 6.45) is 3.66. The fraction of sp³-hybridized carbons (Fsp3) is 0.615. The van der Waals surface area contributed by atoms with Crippen molar-refractivity contribution in [2.24, 2.45) is 5.92 Å². The Hall–Kier alpha value is -1.13. The molecule has 0 radical (unpaired) electrons. The van der Waals surface area contributed by atoms with Crippen LogP contribution in [0.4, 0.5) is 0 Å². The molecule has 0 aromatic carbocycles. The van der Waals surface area contributed by atoms with Gasteiger partial charge in [0.25, 0.3) is 0 Å². The molecule has 0 saturated heterocycles. The van der Waals surface area contributed by atoms with E-state index in [1.807, 2.05) is 12.1 Å². The molecule has 0 fully saturated rings. The lowest BCUT2D eigenvalue weighted by molar-refractivity contribution is 0.251. The first kappa shape index (κ1) is 13.9. The summed E-state index contributed by atoms with van der Waals surface area (Å²) < 4.78 is 5.19. The van der Waals surface area contributed by atoms with Crippen LogP contribution in [0.2, 0.25) is 0 Å². The van der Waals surface area contributed by atoms with E-state index in [9.17, 15) is 0 Å². The number of aromatic nitrogens is 1. The van der Waals surface area contributed by atoms with Crippen LogP contribution in [0.5, 0.6) is 5.88 Å². The summed E-state index contributed by atoms with van der Waals surface area (Å²) in [5, 5.41) is 12.3. The van der Waals surface area contributed by atoms with Crippen molar-refractivity contribution in [2.45, 2.75) is 26.3 Å². The normalized spacial score (nSPS) is 12.4. The number of aliphatic hydroxyl groups excluding tert-OH is 1. The van der Waals surface area contributed by atoms with Crippen LogP contribution in [0.1, 0.15) is 25.3 Å². The van der Waals surface area contributed by atoms with Gasteiger partial charge in [-0.05, 0) is 24.9 Å². The second-order valence-electron chi connectivity index (χ2n) is 4.09. The molecule has 1 aromatic heterocycles. The third-order valence-electron chi connectivity index (χ3n) is 2.91. The van der Waals surface area contributed by atoms with Crippen molar-refractivity contribution in [1.82, 2.24) is 10.3 Å². The standard InChI is InChI=1S/C13H22N2O2/c1-3-11(6-8-16)9-14-10-12-5-4-7-15-13(12)17-2/h4-5,7,11,14,16H,3,6,8-10H2,1-2H3. The molecular weight excluding hydrogens is 216 g/mol. The van der Waals surface area contributed by atoms with Crippen LogP contribution < -0.4 is 10.1 Å². The number of ether oxygens (including phenoxy) is 1. The Morgan fingerprint density at radius 3 is 3.00 bits per heavy atom. The van der Waals surface area contributed by atoms with Gasteiger partial charge < -0.3 is 15.2 Å². The first-order chi connectivity index (χ1) is 8.31. The van der Waals surface area contributed by atoms with E-state index >= 15 is 0 Å². The van der Waals surface area contributed by atoms with Gasteiger partial charge in [-0.3, -0.25) is 0 Å². The minimum Gasteiger partial charge on any atom is -0.481 e. The number of pyridine rings is 1. The van der Waals surface area contributed by atoms with Crippen LogP contribution in [0.15, 0.2) is 18.3 Å². The molecule has 4 heteroatoms. The average molecular weight is 238 g/mol. The molecule has 17 heavy (non-hydrogen) atoms. The van der Waals surface area contributed by atoms with Crippen LogP contribution in [-0.2, 0) is 6.54 Å². The number of nitrogens with zero attached hydrogens (tertiary/aromatic N) is 1. The van der Waals surface area contributed by atoms with Gasteiger partial charge in [0.1, 0.15) is 0 Å². The molecule has 1 heterocycles. The van der Waals surface area contributed by atoms with Gasteiger partial charge in [0.2, 0.25) is 5.88 Å². The topological polar surface area (TPSA) is 54.4 Å². The van der Waals surface area contributed by atoms with Crippen LogP contribution in [0, 0.1) is 5.92 Å². The maximum atomic E-state index is 8.91. The average Bonchev–Trinajstić information content (AvgIpc) is 2.38. The lowest BCUT2D eigenvalue weighted by Crippen LogP contribution is -2.23. The molecule has 0 saturated carbocycles. The molecule has 0 aliphatic rings. The van der Waals surface area contributed by atoms with Gasteiger partial charge in [-0.15, -0.1) is 0 Å². The van der Waals surface area contributed by atoms with Gasteiger partial charge in [0, 0.05) is 24.9 Å². The molecular formula is C13H22N2O2. The zero-order valence-electron chi connectivity index (χ0n) is 10.6. The van der Waals surface area contributed by atoms with E-state index in [2.05, 4.69) is 17.2 Å². The van der Waals surface area contributed by atoms with Gasteiger partial charge in [0.05, 0.1) is 7.11 Å². The largest absolute Gasteiger partial charge is 0.481 e. The maximum absolute atomic E-state index is 8.91. The molecule has 1 rings (SSSR count). The number of hydrogen-bond acceptors (Lipinski definition) is 4. The van der Waals surface area contributed by atoms with E-state index in [0.29, 0.717) is 11.8 Å². The van der Waals surface area contributed by atoms with E-state index in [0.717, 1.165) is 31.5 Å². The summed E-state index contributed by atoms with van der Waals surface area (Å²) in [4.78, 5) is 4.15. The molecule has 0 bridgehead atoms. The van der Waals surface area contributed by atoms with Crippen LogP contribution in [-0.4, -0.2) is 30.4 Å². The summed E-state index contributed by atoms with van der Waals surface area (Å²) in [6, 6.07) is 3.91. The lowest BCUT2D eigenvalue weighted by atomic mass is 10.0. The van der Waals surface area contributed by atoms with E-state index in [4.69, 9.17) is 9.84 Å². The van der Waals surface area contributed by atoms with Gasteiger partial charge in [-0.25, -0.2) is 4.98 Å². The van der Waals surface area contributed by atoms with E-state index < -0.39 is 0 Å². The predicted molar refractivity (Wildman–Crippen MR) is 68.0 cm³/mol. The fourth-order valence-electron chi connectivity index (χ4n) is 1.79. The molecule has 96 valence electrons. The molecule has 0 aliphatic heterocycles. The fourth-order valence-corrected chi connectivity index (χ4v) is 1.79. The van der Waals surface area contributed by atoms with Gasteiger partial charge in [-0.2, -0.15) is 0 Å². The summed E-state index contributed by atoms with van der Waals surface area (Å²) >= 11 is 0. The Balaban J connectivity index is 2.39. The summed E-state index contributed by atoms with van der Waals surface area (Å²) in [6.45, 7) is 4.07. The monoisotopic (exact) mass is 238 g/mol. The van der Waals surface area contributed by atoms with E-state index in [1.54, 1.807) is 13.3 Å². The van der Waals surface area contributed by atoms with Crippen molar-refractivity contribution in [3.63, 3.8) is 0 Å². The maximum Gasteiger partial charge on any atom is 0.217 e. The Labute approximate surface area is 103 Å². The molecule has 0 aliphatic carbocycles. The number of nitrogens with one attached hydrogen (secondary N) is 1. The van der Waals surface area contributed by atoms with Crippen molar-refractivity contribution >= 4 is 0 Å². The quantitative estimate of drug-likeness (QED) is 0.722. The molecule has 0 spiro atoms. The highest BCUT2D eigenvalue weighted by Crippen LogP contribution is 2.13. The molecule has 2 N–H and O–H groups in total. The van der Waals surface area contributed by atoms with Crippen LogP contribution >= 0.6 is 0 Å². The highest BCUT2D eigenvalue weighted by atomic mass is 16.5. The van der Waals surface area contributed by atoms with Gasteiger partial charge in [-0.1, -0.05) is 19.4 Å². The first-order valence-electron chi connectivity index (χ1n) is 6.11. The van der Waals surface area contributed by atoms with Crippen LogP contribution in [0.25, 0.3) is 0 Å². The third kappa shape index (κ3) is 4.71.